The normalized spacial score (nSPS) is 19.3. The monoisotopic (exact) mass is 337 g/mol. The number of benzene rings is 1. The Morgan fingerprint density at radius 3 is 2.86 bits per heavy atom. The molecule has 0 radical (unpaired) electrons. The zero-order valence-electron chi connectivity index (χ0n) is 12.2. The van der Waals surface area contributed by atoms with Crippen molar-refractivity contribution < 1.29 is 8.42 Å². The minimum atomic E-state index is -3.41. The summed E-state index contributed by atoms with van der Waals surface area (Å²) in [5, 5.41) is 2.99. The molecule has 1 saturated heterocycles. The van der Waals surface area contributed by atoms with E-state index in [1.807, 2.05) is 17.6 Å². The molecule has 1 fully saturated rings. The molecule has 0 spiro atoms. The van der Waals surface area contributed by atoms with Gasteiger partial charge in [-0.1, -0.05) is 18.2 Å². The Kier molecular flexibility index (Phi) is 4.75. The second kappa shape index (κ2) is 6.76. The molecule has 1 N–H and O–H groups in total. The Morgan fingerprint density at radius 2 is 2.14 bits per heavy atom. The van der Waals surface area contributed by atoms with E-state index in [-0.39, 0.29) is 0 Å². The molecule has 118 valence electrons. The number of piperidine rings is 1. The molecule has 1 atom stereocenters. The summed E-state index contributed by atoms with van der Waals surface area (Å²) in [5.74, 6) is 0.316. The van der Waals surface area contributed by atoms with Gasteiger partial charge in [0, 0.05) is 31.2 Å². The third kappa shape index (κ3) is 3.66. The van der Waals surface area contributed by atoms with Crippen molar-refractivity contribution in [2.75, 3.05) is 24.5 Å². The summed E-state index contributed by atoms with van der Waals surface area (Å²) in [6.45, 7) is 2.32. The number of rotatable bonds is 5. The molecule has 1 aromatic heterocycles. The molecule has 0 amide bonds. The van der Waals surface area contributed by atoms with Crippen LogP contribution in [0.3, 0.4) is 0 Å². The van der Waals surface area contributed by atoms with Gasteiger partial charge >= 0.3 is 0 Å². The third-order valence-corrected chi connectivity index (χ3v) is 6.10. The van der Waals surface area contributed by atoms with E-state index >= 15 is 0 Å². The van der Waals surface area contributed by atoms with Gasteiger partial charge in [0.05, 0.1) is 4.90 Å². The van der Waals surface area contributed by atoms with Crippen LogP contribution in [-0.2, 0) is 10.0 Å². The molecular formula is C15H19N3O2S2. The number of aromatic nitrogens is 1. The highest BCUT2D eigenvalue weighted by molar-refractivity contribution is 7.89. The minimum absolute atomic E-state index is 0.316. The maximum Gasteiger partial charge on any atom is 0.240 e. The lowest BCUT2D eigenvalue weighted by atomic mass is 9.99. The lowest BCUT2D eigenvalue weighted by molar-refractivity contribution is 0.410. The van der Waals surface area contributed by atoms with Crippen LogP contribution in [0.5, 0.6) is 0 Å². The first-order chi connectivity index (χ1) is 10.6. The number of hydrogen-bond donors (Lipinski definition) is 1. The second-order valence-corrected chi connectivity index (χ2v) is 8.07. The van der Waals surface area contributed by atoms with Crippen LogP contribution in [0.15, 0.2) is 46.8 Å². The molecule has 3 rings (SSSR count). The number of nitrogens with zero attached hydrogens (tertiary/aromatic N) is 2. The van der Waals surface area contributed by atoms with Gasteiger partial charge in [0.1, 0.15) is 0 Å². The van der Waals surface area contributed by atoms with E-state index in [4.69, 9.17) is 0 Å². The van der Waals surface area contributed by atoms with Crippen LogP contribution in [0.4, 0.5) is 5.13 Å². The van der Waals surface area contributed by atoms with E-state index in [1.54, 1.807) is 35.6 Å². The summed E-state index contributed by atoms with van der Waals surface area (Å²) in [4.78, 5) is 6.90. The van der Waals surface area contributed by atoms with E-state index in [0.717, 1.165) is 31.1 Å². The van der Waals surface area contributed by atoms with Gasteiger partial charge in [0.25, 0.3) is 0 Å². The van der Waals surface area contributed by atoms with Crippen LogP contribution in [0, 0.1) is 5.92 Å². The summed E-state index contributed by atoms with van der Waals surface area (Å²) in [6, 6.07) is 8.51. The topological polar surface area (TPSA) is 62.3 Å². The number of sulfonamides is 1. The molecule has 2 heterocycles. The molecule has 22 heavy (non-hydrogen) atoms. The lowest BCUT2D eigenvalue weighted by Gasteiger charge is -2.32. The van der Waals surface area contributed by atoms with Gasteiger partial charge in [-0.15, -0.1) is 11.3 Å². The van der Waals surface area contributed by atoms with Crippen molar-refractivity contribution in [2.24, 2.45) is 5.92 Å². The number of hydrogen-bond acceptors (Lipinski definition) is 5. The summed E-state index contributed by atoms with van der Waals surface area (Å²) in [5.41, 5.74) is 0. The SMILES string of the molecule is O=S(=O)(NCC1CCCN(c2nccs2)C1)c1ccccc1. The van der Waals surface area contributed by atoms with E-state index in [2.05, 4.69) is 14.6 Å². The fourth-order valence-electron chi connectivity index (χ4n) is 2.69. The van der Waals surface area contributed by atoms with Gasteiger partial charge in [-0.25, -0.2) is 18.1 Å². The Morgan fingerprint density at radius 1 is 1.32 bits per heavy atom. The van der Waals surface area contributed by atoms with E-state index in [0.29, 0.717) is 17.4 Å². The molecule has 1 aliphatic heterocycles. The van der Waals surface area contributed by atoms with Gasteiger partial charge < -0.3 is 4.90 Å². The third-order valence-electron chi connectivity index (χ3n) is 3.82. The first kappa shape index (κ1) is 15.5. The minimum Gasteiger partial charge on any atom is -0.348 e. The van der Waals surface area contributed by atoms with Crippen molar-refractivity contribution >= 4 is 26.5 Å². The van der Waals surface area contributed by atoms with Gasteiger partial charge in [0.15, 0.2) is 5.13 Å². The predicted octanol–water partition coefficient (Wildman–Crippen LogP) is 2.34. The lowest BCUT2D eigenvalue weighted by Crippen LogP contribution is -2.40. The summed E-state index contributed by atoms with van der Waals surface area (Å²) >= 11 is 1.63. The zero-order valence-corrected chi connectivity index (χ0v) is 13.8. The summed E-state index contributed by atoms with van der Waals surface area (Å²) in [6.07, 6.45) is 3.91. The van der Waals surface area contributed by atoms with Gasteiger partial charge in [-0.2, -0.15) is 0 Å². The van der Waals surface area contributed by atoms with Crippen LogP contribution >= 0.6 is 11.3 Å². The molecule has 1 unspecified atom stereocenters. The van der Waals surface area contributed by atoms with Gasteiger partial charge in [-0.05, 0) is 30.9 Å². The predicted molar refractivity (Wildman–Crippen MR) is 88.7 cm³/mol. The second-order valence-electron chi connectivity index (χ2n) is 5.43. The van der Waals surface area contributed by atoms with Crippen molar-refractivity contribution in [3.05, 3.63) is 41.9 Å². The first-order valence-electron chi connectivity index (χ1n) is 7.34. The van der Waals surface area contributed by atoms with Crippen LogP contribution in [-0.4, -0.2) is 33.0 Å². The summed E-state index contributed by atoms with van der Waals surface area (Å²) in [7, 11) is -3.41. The standard InChI is InChI=1S/C15H19N3O2S2/c19-22(20,14-6-2-1-3-7-14)17-11-13-5-4-9-18(12-13)15-16-8-10-21-15/h1-3,6-8,10,13,17H,4-5,9,11-12H2. The highest BCUT2D eigenvalue weighted by Gasteiger charge is 2.23. The van der Waals surface area contributed by atoms with E-state index in [1.165, 1.54) is 0 Å². The van der Waals surface area contributed by atoms with Crippen LogP contribution in [0.2, 0.25) is 0 Å². The molecule has 0 bridgehead atoms. The Bertz CT molecular complexity index is 687. The van der Waals surface area contributed by atoms with E-state index in [9.17, 15) is 8.42 Å². The molecule has 5 nitrogen and oxygen atoms in total. The maximum atomic E-state index is 12.3. The molecular weight excluding hydrogens is 318 g/mol. The van der Waals surface area contributed by atoms with Crippen molar-refractivity contribution in [1.82, 2.24) is 9.71 Å². The quantitative estimate of drug-likeness (QED) is 0.910. The smallest absolute Gasteiger partial charge is 0.240 e. The van der Waals surface area contributed by atoms with Crippen molar-refractivity contribution in [3.8, 4) is 0 Å². The fraction of sp³-hybridized carbons (Fsp3) is 0.400. The molecule has 0 aliphatic carbocycles. The molecule has 7 heteroatoms. The Hall–Kier alpha value is -1.44. The molecule has 0 saturated carbocycles. The van der Waals surface area contributed by atoms with Crippen molar-refractivity contribution in [3.63, 3.8) is 0 Å². The summed E-state index contributed by atoms with van der Waals surface area (Å²) < 4.78 is 27.2. The van der Waals surface area contributed by atoms with Crippen molar-refractivity contribution in [2.45, 2.75) is 17.7 Å². The highest BCUT2D eigenvalue weighted by atomic mass is 32.2. The number of anilines is 1. The molecule has 1 aliphatic rings. The van der Waals surface area contributed by atoms with Crippen LogP contribution in [0.1, 0.15) is 12.8 Å². The first-order valence-corrected chi connectivity index (χ1v) is 9.70. The van der Waals surface area contributed by atoms with Gasteiger partial charge in [0.2, 0.25) is 10.0 Å². The Labute approximate surface area is 135 Å². The average molecular weight is 337 g/mol. The van der Waals surface area contributed by atoms with E-state index < -0.39 is 10.0 Å². The highest BCUT2D eigenvalue weighted by Crippen LogP contribution is 2.24. The largest absolute Gasteiger partial charge is 0.348 e. The maximum absolute atomic E-state index is 12.3. The average Bonchev–Trinajstić information content (AvgIpc) is 3.09. The van der Waals surface area contributed by atoms with Crippen LogP contribution < -0.4 is 9.62 Å². The Balaban J connectivity index is 1.59. The number of thiazole rings is 1. The zero-order chi connectivity index (χ0) is 15.4. The van der Waals surface area contributed by atoms with Crippen LogP contribution in [0.25, 0.3) is 0 Å². The van der Waals surface area contributed by atoms with Gasteiger partial charge in [-0.3, -0.25) is 0 Å². The molecule has 1 aromatic carbocycles. The van der Waals surface area contributed by atoms with Crippen molar-refractivity contribution in [1.29, 1.82) is 0 Å². The fourth-order valence-corrected chi connectivity index (χ4v) is 4.51. The number of nitrogens with one attached hydrogen (secondary N) is 1. The molecule has 2 aromatic rings.